The van der Waals surface area contributed by atoms with Gasteiger partial charge in [-0.1, -0.05) is 26.0 Å². The Hall–Kier alpha value is -1.70. The van der Waals surface area contributed by atoms with Gasteiger partial charge in [-0.25, -0.2) is 0 Å². The van der Waals surface area contributed by atoms with E-state index in [1.807, 2.05) is 11.9 Å². The van der Waals surface area contributed by atoms with Crippen molar-refractivity contribution in [3.05, 3.63) is 35.4 Å². The Labute approximate surface area is 177 Å². The summed E-state index contributed by atoms with van der Waals surface area (Å²) < 4.78 is 40.3. The first-order valence-electron chi connectivity index (χ1n) is 10.5. The molecule has 168 valence electrons. The van der Waals surface area contributed by atoms with Gasteiger partial charge in [-0.2, -0.15) is 8.78 Å². The SMILES string of the molecule is COc1cc(CN(C)CC(O)COCC2=CCC3CC2C3(C)C)ccc1OC(F)F. The molecule has 3 unspecified atom stereocenters. The molecule has 0 spiro atoms. The van der Waals surface area contributed by atoms with E-state index in [4.69, 9.17) is 9.47 Å². The molecule has 2 bridgehead atoms. The van der Waals surface area contributed by atoms with Gasteiger partial charge in [0.1, 0.15) is 0 Å². The molecule has 5 nitrogen and oxygen atoms in total. The first-order chi connectivity index (χ1) is 14.2. The first-order valence-corrected chi connectivity index (χ1v) is 10.5. The van der Waals surface area contributed by atoms with Gasteiger partial charge >= 0.3 is 6.61 Å². The van der Waals surface area contributed by atoms with Crippen LogP contribution in [0.1, 0.15) is 32.3 Å². The van der Waals surface area contributed by atoms with Gasteiger partial charge in [-0.15, -0.1) is 0 Å². The number of methoxy groups -OCH3 is 1. The van der Waals surface area contributed by atoms with Gasteiger partial charge in [-0.3, -0.25) is 4.90 Å². The lowest BCUT2D eigenvalue weighted by Gasteiger charge is -2.56. The van der Waals surface area contributed by atoms with Crippen LogP contribution < -0.4 is 9.47 Å². The van der Waals surface area contributed by atoms with Crippen molar-refractivity contribution in [1.82, 2.24) is 4.90 Å². The molecular formula is C23H33F2NO4. The van der Waals surface area contributed by atoms with Crippen LogP contribution in [-0.2, 0) is 11.3 Å². The van der Waals surface area contributed by atoms with E-state index in [1.54, 1.807) is 12.1 Å². The summed E-state index contributed by atoms with van der Waals surface area (Å²) in [6.45, 7) is 3.61. The number of rotatable bonds is 11. The molecule has 1 fully saturated rings. The van der Waals surface area contributed by atoms with Crippen molar-refractivity contribution >= 4 is 0 Å². The van der Waals surface area contributed by atoms with Gasteiger partial charge in [0, 0.05) is 13.1 Å². The summed E-state index contributed by atoms with van der Waals surface area (Å²) in [6.07, 6.45) is 4.11. The number of aliphatic hydroxyl groups is 1. The minimum Gasteiger partial charge on any atom is -0.493 e. The summed E-state index contributed by atoms with van der Waals surface area (Å²) in [7, 11) is 3.30. The van der Waals surface area contributed by atoms with Gasteiger partial charge < -0.3 is 19.3 Å². The largest absolute Gasteiger partial charge is 0.493 e. The zero-order chi connectivity index (χ0) is 21.9. The van der Waals surface area contributed by atoms with Gasteiger partial charge in [0.25, 0.3) is 0 Å². The molecule has 7 heteroatoms. The average Bonchev–Trinajstić information content (AvgIpc) is 2.68. The van der Waals surface area contributed by atoms with E-state index in [2.05, 4.69) is 24.7 Å². The maximum atomic E-state index is 12.4. The van der Waals surface area contributed by atoms with Crippen LogP contribution in [0.4, 0.5) is 8.78 Å². The standard InChI is InChI=1S/C23H33F2NO4/c1-23(2)17-7-6-16(19(23)10-17)13-29-14-18(27)12-26(3)11-15-5-8-20(30-22(24)25)21(9-15)28-4/h5-6,8-9,17-19,22,27H,7,10-14H2,1-4H3. The second-order valence-electron chi connectivity index (χ2n) is 9.05. The molecule has 0 saturated heterocycles. The quantitative estimate of drug-likeness (QED) is 0.541. The second-order valence-corrected chi connectivity index (χ2v) is 9.05. The summed E-state index contributed by atoms with van der Waals surface area (Å²) >= 11 is 0. The molecule has 0 aliphatic heterocycles. The monoisotopic (exact) mass is 425 g/mol. The zero-order valence-electron chi connectivity index (χ0n) is 18.2. The number of hydrogen-bond donors (Lipinski definition) is 1. The van der Waals surface area contributed by atoms with E-state index in [1.165, 1.54) is 25.2 Å². The molecule has 3 aliphatic rings. The smallest absolute Gasteiger partial charge is 0.387 e. The van der Waals surface area contributed by atoms with Crippen LogP contribution >= 0.6 is 0 Å². The maximum absolute atomic E-state index is 12.4. The van der Waals surface area contributed by atoms with Crippen molar-refractivity contribution in [3.63, 3.8) is 0 Å². The molecule has 3 atom stereocenters. The van der Waals surface area contributed by atoms with Crippen LogP contribution in [0.2, 0.25) is 0 Å². The third kappa shape index (κ3) is 5.31. The second kappa shape index (κ2) is 9.62. The molecule has 0 radical (unpaired) electrons. The Bertz CT molecular complexity index is 753. The highest BCUT2D eigenvalue weighted by Crippen LogP contribution is 2.59. The highest BCUT2D eigenvalue weighted by molar-refractivity contribution is 5.43. The molecule has 30 heavy (non-hydrogen) atoms. The number of likely N-dealkylation sites (N-methyl/N-ethyl adjacent to an activating group) is 1. The first kappa shape index (κ1) is 23.0. The van der Waals surface area contributed by atoms with Gasteiger partial charge in [0.05, 0.1) is 26.4 Å². The number of allylic oxidation sites excluding steroid dienone is 1. The zero-order valence-corrected chi connectivity index (χ0v) is 18.2. The van der Waals surface area contributed by atoms with Crippen LogP contribution in [-0.4, -0.2) is 56.6 Å². The van der Waals surface area contributed by atoms with Crippen molar-refractivity contribution in [1.29, 1.82) is 0 Å². The predicted octanol–water partition coefficient (Wildman–Crippen LogP) is 4.10. The molecule has 4 rings (SSSR count). The lowest BCUT2D eigenvalue weighted by atomic mass is 9.49. The lowest BCUT2D eigenvalue weighted by molar-refractivity contribution is -0.0512. The molecular weight excluding hydrogens is 392 g/mol. The topological polar surface area (TPSA) is 51.2 Å². The number of benzene rings is 1. The van der Waals surface area contributed by atoms with Crippen molar-refractivity contribution in [2.45, 2.75) is 45.9 Å². The van der Waals surface area contributed by atoms with E-state index in [0.29, 0.717) is 31.0 Å². The summed E-state index contributed by atoms with van der Waals surface area (Å²) in [6, 6.07) is 4.85. The predicted molar refractivity (Wildman–Crippen MR) is 111 cm³/mol. The van der Waals surface area contributed by atoms with E-state index in [0.717, 1.165) is 17.9 Å². The van der Waals surface area contributed by atoms with E-state index in [9.17, 15) is 13.9 Å². The van der Waals surface area contributed by atoms with Crippen LogP contribution in [0.5, 0.6) is 11.5 Å². The summed E-state index contributed by atoms with van der Waals surface area (Å²) in [5, 5.41) is 10.3. The molecule has 0 aromatic heterocycles. The minimum atomic E-state index is -2.90. The Kier molecular flexibility index (Phi) is 7.37. The highest BCUT2D eigenvalue weighted by atomic mass is 19.3. The number of fused-ring (bicyclic) bond motifs is 1. The fraction of sp³-hybridized carbons (Fsp3) is 0.652. The molecule has 1 saturated carbocycles. The normalized spacial score (nSPS) is 23.2. The number of hydrogen-bond acceptors (Lipinski definition) is 5. The molecule has 1 aromatic rings. The molecule has 0 amide bonds. The third-order valence-corrected chi connectivity index (χ3v) is 6.58. The van der Waals surface area contributed by atoms with Crippen molar-refractivity contribution in [2.75, 3.05) is 33.9 Å². The average molecular weight is 426 g/mol. The number of alkyl halides is 2. The number of ether oxygens (including phenoxy) is 3. The summed E-state index contributed by atoms with van der Waals surface area (Å²) in [5.41, 5.74) is 2.63. The molecule has 3 aliphatic carbocycles. The Balaban J connectivity index is 1.42. The maximum Gasteiger partial charge on any atom is 0.387 e. The van der Waals surface area contributed by atoms with Crippen LogP contribution in [0.25, 0.3) is 0 Å². The summed E-state index contributed by atoms with van der Waals surface area (Å²) in [4.78, 5) is 1.95. The Morgan fingerprint density at radius 1 is 1.27 bits per heavy atom. The number of aliphatic hydroxyl groups excluding tert-OH is 1. The third-order valence-electron chi connectivity index (χ3n) is 6.58. The Morgan fingerprint density at radius 3 is 2.67 bits per heavy atom. The van der Waals surface area contributed by atoms with E-state index < -0.39 is 12.7 Å². The molecule has 0 heterocycles. The molecule has 1 aromatic carbocycles. The van der Waals surface area contributed by atoms with Crippen LogP contribution in [0, 0.1) is 17.3 Å². The fourth-order valence-corrected chi connectivity index (χ4v) is 4.75. The summed E-state index contributed by atoms with van der Waals surface area (Å²) in [5.74, 6) is 1.68. The van der Waals surface area contributed by atoms with Gasteiger partial charge in [0.15, 0.2) is 11.5 Å². The molecule has 1 N–H and O–H groups in total. The minimum absolute atomic E-state index is 0.00492. The highest BCUT2D eigenvalue weighted by Gasteiger charge is 2.50. The van der Waals surface area contributed by atoms with E-state index in [-0.39, 0.29) is 18.1 Å². The van der Waals surface area contributed by atoms with Crippen LogP contribution in [0.3, 0.4) is 0 Å². The van der Waals surface area contributed by atoms with Crippen molar-refractivity contribution in [2.24, 2.45) is 17.3 Å². The fourth-order valence-electron chi connectivity index (χ4n) is 4.75. The van der Waals surface area contributed by atoms with Gasteiger partial charge in [0.2, 0.25) is 0 Å². The number of halogens is 2. The number of nitrogens with zero attached hydrogens (tertiary/aromatic N) is 1. The van der Waals surface area contributed by atoms with Crippen molar-refractivity contribution < 1.29 is 28.1 Å². The van der Waals surface area contributed by atoms with E-state index >= 15 is 0 Å². The van der Waals surface area contributed by atoms with Gasteiger partial charge in [-0.05, 0) is 60.4 Å². The van der Waals surface area contributed by atoms with Crippen molar-refractivity contribution in [3.8, 4) is 11.5 Å². The van der Waals surface area contributed by atoms with Crippen LogP contribution in [0.15, 0.2) is 29.8 Å². The lowest BCUT2D eigenvalue weighted by Crippen LogP contribution is -2.48. The Morgan fingerprint density at radius 2 is 2.03 bits per heavy atom.